The van der Waals surface area contributed by atoms with Crippen molar-refractivity contribution in [1.82, 2.24) is 19.7 Å². The molecule has 142 valence electrons. The summed E-state index contributed by atoms with van der Waals surface area (Å²) in [6.07, 6.45) is 3.63. The van der Waals surface area contributed by atoms with Crippen molar-refractivity contribution in [1.29, 1.82) is 0 Å². The lowest BCUT2D eigenvalue weighted by Crippen LogP contribution is -2.39. The molecule has 0 fully saturated rings. The number of hydrogen-bond donors (Lipinski definition) is 0. The van der Waals surface area contributed by atoms with Crippen LogP contribution in [0.5, 0.6) is 0 Å². The number of aryl methyl sites for hydroxylation is 3. The van der Waals surface area contributed by atoms with E-state index in [0.29, 0.717) is 18.8 Å². The summed E-state index contributed by atoms with van der Waals surface area (Å²) in [5.74, 6) is 0.0215. The number of rotatable bonds is 8. The van der Waals surface area contributed by atoms with E-state index < -0.39 is 0 Å². The molecule has 0 aliphatic heterocycles. The molecule has 27 heavy (non-hydrogen) atoms. The molecule has 0 aliphatic carbocycles. The smallest absolute Gasteiger partial charge is 0.272 e. The normalized spacial score (nSPS) is 12.1. The minimum Gasteiger partial charge on any atom is -0.328 e. The lowest BCUT2D eigenvalue weighted by molar-refractivity contribution is 0.0654. The topological polar surface area (TPSA) is 51.0 Å². The first kappa shape index (κ1) is 19.3. The van der Waals surface area contributed by atoms with Crippen LogP contribution in [0.2, 0.25) is 0 Å². The molecule has 1 atom stereocenters. The molecule has 0 spiro atoms. The van der Waals surface area contributed by atoms with Gasteiger partial charge in [0.25, 0.3) is 5.91 Å². The zero-order chi connectivity index (χ0) is 19.2. The van der Waals surface area contributed by atoms with Gasteiger partial charge in [-0.25, -0.2) is 4.98 Å². The highest BCUT2D eigenvalue weighted by Crippen LogP contribution is 2.19. The summed E-state index contributed by atoms with van der Waals surface area (Å²) in [6.45, 7) is 7.26. The SMILES string of the molecule is CCn1nc(C)cc1C(=O)N(Cc1nccs1)[C@@H](C)CCc1ccccc1. The van der Waals surface area contributed by atoms with E-state index in [-0.39, 0.29) is 11.9 Å². The Morgan fingerprint density at radius 3 is 2.74 bits per heavy atom. The largest absolute Gasteiger partial charge is 0.328 e. The van der Waals surface area contributed by atoms with Gasteiger partial charge in [-0.15, -0.1) is 11.3 Å². The fraction of sp³-hybridized carbons (Fsp3) is 0.381. The van der Waals surface area contributed by atoms with Crippen LogP contribution in [0.15, 0.2) is 48.0 Å². The molecule has 0 saturated heterocycles. The van der Waals surface area contributed by atoms with Crippen molar-refractivity contribution >= 4 is 17.2 Å². The number of amides is 1. The molecule has 5 nitrogen and oxygen atoms in total. The molecule has 0 bridgehead atoms. The first-order chi connectivity index (χ1) is 13.1. The summed E-state index contributed by atoms with van der Waals surface area (Å²) in [7, 11) is 0. The molecular formula is C21H26N4OS. The molecule has 1 aromatic carbocycles. The van der Waals surface area contributed by atoms with Crippen molar-refractivity contribution in [3.05, 3.63) is 69.9 Å². The zero-order valence-corrected chi connectivity index (χ0v) is 16.9. The number of benzene rings is 1. The lowest BCUT2D eigenvalue weighted by atomic mass is 10.0. The van der Waals surface area contributed by atoms with Gasteiger partial charge in [0.15, 0.2) is 0 Å². The molecule has 0 saturated carbocycles. The average Bonchev–Trinajstić information content (AvgIpc) is 3.33. The zero-order valence-electron chi connectivity index (χ0n) is 16.1. The Morgan fingerprint density at radius 1 is 1.30 bits per heavy atom. The third-order valence-electron chi connectivity index (χ3n) is 4.70. The highest BCUT2D eigenvalue weighted by molar-refractivity contribution is 7.09. The predicted octanol–water partition coefficient (Wildman–Crippen LogP) is 4.33. The van der Waals surface area contributed by atoms with Crippen LogP contribution < -0.4 is 0 Å². The van der Waals surface area contributed by atoms with Crippen LogP contribution in [0.25, 0.3) is 0 Å². The fourth-order valence-corrected chi connectivity index (χ4v) is 3.80. The minimum atomic E-state index is 0.0215. The Morgan fingerprint density at radius 2 is 2.07 bits per heavy atom. The molecule has 0 unspecified atom stereocenters. The number of hydrogen-bond acceptors (Lipinski definition) is 4. The van der Waals surface area contributed by atoms with Crippen molar-refractivity contribution in [3.8, 4) is 0 Å². The third-order valence-corrected chi connectivity index (χ3v) is 5.46. The van der Waals surface area contributed by atoms with E-state index in [1.165, 1.54) is 5.56 Å². The van der Waals surface area contributed by atoms with Crippen molar-refractivity contribution in [2.24, 2.45) is 0 Å². The number of thiazole rings is 1. The average molecular weight is 383 g/mol. The van der Waals surface area contributed by atoms with Crippen molar-refractivity contribution in [3.63, 3.8) is 0 Å². The van der Waals surface area contributed by atoms with Crippen LogP contribution in [0.4, 0.5) is 0 Å². The van der Waals surface area contributed by atoms with Crippen LogP contribution >= 0.6 is 11.3 Å². The summed E-state index contributed by atoms with van der Waals surface area (Å²) in [4.78, 5) is 19.7. The summed E-state index contributed by atoms with van der Waals surface area (Å²) < 4.78 is 1.79. The van der Waals surface area contributed by atoms with Gasteiger partial charge in [0.2, 0.25) is 0 Å². The molecule has 2 heterocycles. The second-order valence-electron chi connectivity index (χ2n) is 6.72. The van der Waals surface area contributed by atoms with Crippen LogP contribution in [-0.4, -0.2) is 31.6 Å². The first-order valence-corrected chi connectivity index (χ1v) is 10.2. The molecule has 0 N–H and O–H groups in total. The van der Waals surface area contributed by atoms with Crippen molar-refractivity contribution in [2.45, 2.75) is 52.7 Å². The highest BCUT2D eigenvalue weighted by atomic mass is 32.1. The summed E-state index contributed by atoms with van der Waals surface area (Å²) in [6, 6.07) is 12.4. The van der Waals surface area contributed by atoms with E-state index in [0.717, 1.165) is 23.5 Å². The van der Waals surface area contributed by atoms with E-state index in [4.69, 9.17) is 0 Å². The minimum absolute atomic E-state index is 0.0215. The molecular weight excluding hydrogens is 356 g/mol. The third kappa shape index (κ3) is 4.83. The van der Waals surface area contributed by atoms with Gasteiger partial charge >= 0.3 is 0 Å². The molecule has 1 amide bonds. The highest BCUT2D eigenvalue weighted by Gasteiger charge is 2.25. The molecule has 0 aliphatic rings. The Kier molecular flexibility index (Phi) is 6.40. The van der Waals surface area contributed by atoms with Crippen LogP contribution in [0, 0.1) is 6.92 Å². The monoisotopic (exact) mass is 382 g/mol. The molecule has 0 radical (unpaired) electrons. The van der Waals surface area contributed by atoms with Crippen LogP contribution in [0.1, 0.15) is 47.0 Å². The Labute approximate surface area is 164 Å². The van der Waals surface area contributed by atoms with E-state index in [9.17, 15) is 4.79 Å². The second kappa shape index (κ2) is 8.95. The van der Waals surface area contributed by atoms with Crippen molar-refractivity contribution in [2.75, 3.05) is 0 Å². The van der Waals surface area contributed by atoms with E-state index in [1.807, 2.05) is 36.3 Å². The first-order valence-electron chi connectivity index (χ1n) is 9.36. The Bertz CT molecular complexity index is 858. The summed E-state index contributed by atoms with van der Waals surface area (Å²) in [5.41, 5.74) is 2.81. The number of carbonyl (C=O) groups is 1. The number of nitrogens with zero attached hydrogens (tertiary/aromatic N) is 4. The maximum absolute atomic E-state index is 13.4. The number of carbonyl (C=O) groups excluding carboxylic acids is 1. The van der Waals surface area contributed by atoms with Crippen LogP contribution in [-0.2, 0) is 19.5 Å². The quantitative estimate of drug-likeness (QED) is 0.583. The van der Waals surface area contributed by atoms with Gasteiger partial charge in [0, 0.05) is 24.2 Å². The van der Waals surface area contributed by atoms with Crippen LogP contribution in [0.3, 0.4) is 0 Å². The molecule has 6 heteroatoms. The summed E-state index contributed by atoms with van der Waals surface area (Å²) in [5, 5.41) is 7.34. The van der Waals surface area contributed by atoms with E-state index in [1.54, 1.807) is 22.2 Å². The fourth-order valence-electron chi connectivity index (χ4n) is 3.19. The van der Waals surface area contributed by atoms with E-state index >= 15 is 0 Å². The van der Waals surface area contributed by atoms with Gasteiger partial charge in [0.05, 0.1) is 12.2 Å². The maximum atomic E-state index is 13.4. The summed E-state index contributed by atoms with van der Waals surface area (Å²) >= 11 is 1.58. The molecule has 3 aromatic rings. The maximum Gasteiger partial charge on any atom is 0.272 e. The second-order valence-corrected chi connectivity index (χ2v) is 7.70. The van der Waals surface area contributed by atoms with Gasteiger partial charge in [0.1, 0.15) is 10.7 Å². The molecule has 2 aromatic heterocycles. The Hall–Kier alpha value is -2.47. The molecule has 3 rings (SSSR count). The standard InChI is InChI=1S/C21H26N4OS/c1-4-25-19(14-16(2)23-25)21(26)24(15-20-22-12-13-27-20)17(3)10-11-18-8-6-5-7-9-18/h5-9,12-14,17H,4,10-11,15H2,1-3H3/t17-/m0/s1. The predicted molar refractivity (Wildman–Crippen MR) is 109 cm³/mol. The van der Waals surface area contributed by atoms with Gasteiger partial charge in [-0.05, 0) is 45.2 Å². The van der Waals surface area contributed by atoms with Gasteiger partial charge < -0.3 is 4.90 Å². The van der Waals surface area contributed by atoms with Gasteiger partial charge in [-0.3, -0.25) is 9.48 Å². The van der Waals surface area contributed by atoms with Gasteiger partial charge in [-0.2, -0.15) is 5.10 Å². The number of aromatic nitrogens is 3. The van der Waals surface area contributed by atoms with E-state index in [2.05, 4.69) is 41.3 Å². The Balaban J connectivity index is 1.80. The lowest BCUT2D eigenvalue weighted by Gasteiger charge is -2.29. The van der Waals surface area contributed by atoms with Crippen molar-refractivity contribution < 1.29 is 4.79 Å². The van der Waals surface area contributed by atoms with Gasteiger partial charge in [-0.1, -0.05) is 30.3 Å².